The van der Waals surface area contributed by atoms with Gasteiger partial charge in [-0.25, -0.2) is 9.18 Å². The fraction of sp³-hybridized carbons (Fsp3) is 0.421. The molecule has 2 rings (SSSR count). The molecule has 0 spiro atoms. The minimum atomic E-state index is -0.725. The summed E-state index contributed by atoms with van der Waals surface area (Å²) in [5.74, 6) is -0.795. The number of carbonyl (C=O) groups is 1. The van der Waals surface area contributed by atoms with E-state index in [1.807, 2.05) is 6.92 Å². The van der Waals surface area contributed by atoms with Gasteiger partial charge in [0.25, 0.3) is 5.56 Å². The summed E-state index contributed by atoms with van der Waals surface area (Å²) >= 11 is 1.21. The van der Waals surface area contributed by atoms with Gasteiger partial charge >= 0.3 is 5.69 Å². The lowest BCUT2D eigenvalue weighted by atomic mass is 10.3. The van der Waals surface area contributed by atoms with Crippen LogP contribution in [0.4, 0.5) is 15.9 Å². The Hall–Kier alpha value is -2.59. The van der Waals surface area contributed by atoms with Gasteiger partial charge < -0.3 is 15.4 Å². The molecule has 0 unspecified atom stereocenters. The van der Waals surface area contributed by atoms with Crippen molar-refractivity contribution in [2.24, 2.45) is 0 Å². The molecule has 1 aromatic heterocycles. The van der Waals surface area contributed by atoms with Crippen LogP contribution < -0.4 is 21.9 Å². The molecule has 8 nitrogen and oxygen atoms in total. The number of nitrogens with one attached hydrogen (secondary N) is 1. The molecule has 0 aliphatic carbocycles. The molecule has 0 fully saturated rings. The monoisotopic (exact) mass is 424 g/mol. The highest BCUT2D eigenvalue weighted by Crippen LogP contribution is 2.22. The van der Waals surface area contributed by atoms with Gasteiger partial charge in [-0.3, -0.25) is 19.1 Å². The van der Waals surface area contributed by atoms with Crippen molar-refractivity contribution in [3.05, 3.63) is 50.9 Å². The van der Waals surface area contributed by atoms with E-state index < -0.39 is 11.2 Å². The number of thioether (sulfide) groups is 1. The Labute approximate surface area is 171 Å². The summed E-state index contributed by atoms with van der Waals surface area (Å²) in [6.45, 7) is 2.58. The summed E-state index contributed by atoms with van der Waals surface area (Å²) in [5.41, 5.74) is 4.72. The van der Waals surface area contributed by atoms with Gasteiger partial charge in [0, 0.05) is 25.1 Å². The maximum atomic E-state index is 13.0. The van der Waals surface area contributed by atoms with Crippen molar-refractivity contribution in [2.75, 3.05) is 36.6 Å². The Morgan fingerprint density at radius 3 is 2.62 bits per heavy atom. The Kier molecular flexibility index (Phi) is 8.47. The first kappa shape index (κ1) is 22.7. The number of amides is 1. The lowest BCUT2D eigenvalue weighted by Crippen LogP contribution is -2.43. The summed E-state index contributed by atoms with van der Waals surface area (Å²) in [4.78, 5) is 41.7. The minimum Gasteiger partial charge on any atom is -0.383 e. The van der Waals surface area contributed by atoms with Crippen molar-refractivity contribution in [1.82, 2.24) is 9.55 Å². The van der Waals surface area contributed by atoms with Gasteiger partial charge in [0.2, 0.25) is 5.91 Å². The van der Waals surface area contributed by atoms with Crippen LogP contribution in [-0.4, -0.2) is 41.5 Å². The number of aromatic nitrogens is 2. The predicted octanol–water partition coefficient (Wildman–Crippen LogP) is 1.83. The average Bonchev–Trinajstić information content (AvgIpc) is 2.69. The largest absolute Gasteiger partial charge is 0.383 e. The number of benzene rings is 1. The van der Waals surface area contributed by atoms with Gasteiger partial charge in [-0.15, -0.1) is 11.8 Å². The van der Waals surface area contributed by atoms with E-state index in [9.17, 15) is 18.8 Å². The smallest absolute Gasteiger partial charge is 0.330 e. The number of anilines is 2. The molecule has 1 amide bonds. The number of methoxy groups -OCH3 is 1. The number of nitrogen functional groups attached to an aromatic ring is 1. The standard InChI is InChI=1S/C19H25FN4O4S/c1-3-4-9-24-17(21)16(18(26)22-19(24)27)23(10-11-28-2)15(25)12-29-14-7-5-13(20)6-8-14/h5-8H,3-4,9-12,21H2,1-2H3,(H,22,26,27). The molecule has 10 heteroatoms. The van der Waals surface area contributed by atoms with Crippen LogP contribution in [-0.2, 0) is 16.1 Å². The number of hydrogen-bond donors (Lipinski definition) is 2. The molecule has 2 aromatic rings. The molecule has 1 aromatic carbocycles. The minimum absolute atomic E-state index is 0.00229. The molecule has 0 aliphatic heterocycles. The Bertz CT molecular complexity index is 943. The molecular formula is C19H25FN4O4S. The second kappa shape index (κ2) is 10.8. The maximum absolute atomic E-state index is 13.0. The van der Waals surface area contributed by atoms with Crippen LogP contribution in [0, 0.1) is 5.82 Å². The van der Waals surface area contributed by atoms with Crippen molar-refractivity contribution in [3.63, 3.8) is 0 Å². The third-order valence-electron chi connectivity index (χ3n) is 4.22. The number of ether oxygens (including phenoxy) is 1. The lowest BCUT2D eigenvalue weighted by Gasteiger charge is -2.24. The van der Waals surface area contributed by atoms with Crippen LogP contribution in [0.2, 0.25) is 0 Å². The van der Waals surface area contributed by atoms with E-state index in [1.54, 1.807) is 12.1 Å². The fourth-order valence-corrected chi connectivity index (χ4v) is 3.45. The number of aromatic amines is 1. The molecule has 29 heavy (non-hydrogen) atoms. The summed E-state index contributed by atoms with van der Waals surface area (Å²) < 4.78 is 19.4. The average molecular weight is 424 g/mol. The molecule has 0 atom stereocenters. The zero-order valence-corrected chi connectivity index (χ0v) is 17.3. The van der Waals surface area contributed by atoms with Gasteiger partial charge in [-0.1, -0.05) is 13.3 Å². The molecule has 158 valence electrons. The molecule has 3 N–H and O–H groups in total. The second-order valence-corrected chi connectivity index (χ2v) is 7.33. The molecular weight excluding hydrogens is 399 g/mol. The van der Waals surface area contributed by atoms with Crippen molar-refractivity contribution < 1.29 is 13.9 Å². The highest BCUT2D eigenvalue weighted by Gasteiger charge is 2.24. The summed E-state index contributed by atoms with van der Waals surface area (Å²) in [5, 5.41) is 0. The number of hydrogen-bond acceptors (Lipinski definition) is 6. The number of nitrogens with two attached hydrogens (primary N) is 1. The van der Waals surface area contributed by atoms with Gasteiger partial charge in [0.1, 0.15) is 11.6 Å². The van der Waals surface area contributed by atoms with Crippen LogP contribution in [0.25, 0.3) is 0 Å². The summed E-state index contributed by atoms with van der Waals surface area (Å²) in [6.07, 6.45) is 1.53. The van der Waals surface area contributed by atoms with Crippen molar-refractivity contribution >= 4 is 29.2 Å². The van der Waals surface area contributed by atoms with Crippen LogP contribution in [0.1, 0.15) is 19.8 Å². The van der Waals surface area contributed by atoms with Crippen molar-refractivity contribution in [3.8, 4) is 0 Å². The molecule has 1 heterocycles. The SMILES string of the molecule is CCCCn1c(N)c(N(CCOC)C(=O)CSc2ccc(F)cc2)c(=O)[nH]c1=O. The summed E-state index contributed by atoms with van der Waals surface area (Å²) in [6, 6.07) is 5.75. The van der Waals surface area contributed by atoms with Crippen LogP contribution in [0.3, 0.4) is 0 Å². The van der Waals surface area contributed by atoms with Crippen LogP contribution in [0.5, 0.6) is 0 Å². The number of H-pyrrole nitrogens is 1. The molecule has 0 saturated carbocycles. The number of carbonyl (C=O) groups excluding carboxylic acids is 1. The number of nitrogens with zero attached hydrogens (tertiary/aromatic N) is 2. The molecule has 0 aliphatic rings. The molecule has 0 bridgehead atoms. The van der Waals surface area contributed by atoms with E-state index >= 15 is 0 Å². The summed E-state index contributed by atoms with van der Waals surface area (Å²) in [7, 11) is 1.48. The normalized spacial score (nSPS) is 10.9. The third kappa shape index (κ3) is 5.94. The van der Waals surface area contributed by atoms with E-state index in [-0.39, 0.29) is 42.1 Å². The van der Waals surface area contributed by atoms with E-state index in [4.69, 9.17) is 10.5 Å². The fourth-order valence-electron chi connectivity index (χ4n) is 2.67. The van der Waals surface area contributed by atoms with Gasteiger partial charge in [0.15, 0.2) is 5.69 Å². The highest BCUT2D eigenvalue weighted by atomic mass is 32.2. The Morgan fingerprint density at radius 1 is 1.31 bits per heavy atom. The zero-order chi connectivity index (χ0) is 21.4. The quantitative estimate of drug-likeness (QED) is 0.563. The second-order valence-electron chi connectivity index (χ2n) is 6.28. The van der Waals surface area contributed by atoms with E-state index in [0.29, 0.717) is 17.9 Å². The van der Waals surface area contributed by atoms with Gasteiger partial charge in [-0.2, -0.15) is 0 Å². The van der Waals surface area contributed by atoms with Gasteiger partial charge in [0.05, 0.1) is 12.4 Å². The zero-order valence-electron chi connectivity index (χ0n) is 16.4. The van der Waals surface area contributed by atoms with E-state index in [0.717, 1.165) is 6.42 Å². The maximum Gasteiger partial charge on any atom is 0.330 e. The van der Waals surface area contributed by atoms with E-state index in [1.165, 1.54) is 40.5 Å². The molecule has 0 saturated heterocycles. The lowest BCUT2D eigenvalue weighted by molar-refractivity contribution is -0.116. The predicted molar refractivity (Wildman–Crippen MR) is 112 cm³/mol. The van der Waals surface area contributed by atoms with E-state index in [2.05, 4.69) is 4.98 Å². The third-order valence-corrected chi connectivity index (χ3v) is 5.21. The number of unbranched alkanes of at least 4 members (excludes halogenated alkanes) is 1. The number of rotatable bonds is 10. The van der Waals surface area contributed by atoms with Crippen LogP contribution >= 0.6 is 11.8 Å². The first-order valence-corrected chi connectivity index (χ1v) is 10.2. The highest BCUT2D eigenvalue weighted by molar-refractivity contribution is 8.00. The molecule has 0 radical (unpaired) electrons. The van der Waals surface area contributed by atoms with Gasteiger partial charge in [-0.05, 0) is 30.7 Å². The number of halogens is 1. The topological polar surface area (TPSA) is 110 Å². The first-order chi connectivity index (χ1) is 13.9. The van der Waals surface area contributed by atoms with Crippen molar-refractivity contribution in [1.29, 1.82) is 0 Å². The Morgan fingerprint density at radius 2 is 2.00 bits per heavy atom. The van der Waals surface area contributed by atoms with Crippen LogP contribution in [0.15, 0.2) is 38.8 Å². The van der Waals surface area contributed by atoms with Crippen molar-refractivity contribution in [2.45, 2.75) is 31.2 Å². The Balaban J connectivity index is 2.33. The first-order valence-electron chi connectivity index (χ1n) is 9.19.